The van der Waals surface area contributed by atoms with Crippen molar-refractivity contribution in [2.75, 3.05) is 12.0 Å². The van der Waals surface area contributed by atoms with E-state index in [-0.39, 0.29) is 29.3 Å². The minimum absolute atomic E-state index is 0.0427. The number of Topliss-reactive ketones (excluding diaryl/α,β-unsaturated/α-hetero) is 1. The van der Waals surface area contributed by atoms with Crippen molar-refractivity contribution < 1.29 is 22.7 Å². The zero-order valence-corrected chi connectivity index (χ0v) is 17.2. The van der Waals surface area contributed by atoms with Crippen LogP contribution in [-0.2, 0) is 11.0 Å². The number of nitrogens with two attached hydrogens (primary N) is 1. The Labute approximate surface area is 183 Å². The summed E-state index contributed by atoms with van der Waals surface area (Å²) in [5.41, 5.74) is 6.71. The zero-order chi connectivity index (χ0) is 23.0. The number of ketones is 1. The Morgan fingerprint density at radius 3 is 2.44 bits per heavy atom. The topological polar surface area (TPSA) is 79.3 Å². The third-order valence-corrected chi connectivity index (χ3v) is 5.81. The highest BCUT2D eigenvalue weighted by Crippen LogP contribution is 2.48. The third-order valence-electron chi connectivity index (χ3n) is 5.81. The van der Waals surface area contributed by atoms with Crippen LogP contribution in [0.5, 0.6) is 5.75 Å². The fourth-order valence-electron chi connectivity index (χ4n) is 4.40. The molecule has 4 rings (SSSR count). The van der Waals surface area contributed by atoms with Gasteiger partial charge in [-0.15, -0.1) is 0 Å². The summed E-state index contributed by atoms with van der Waals surface area (Å²) in [6.07, 6.45) is -3.50. The number of carbonyl (C=O) groups excluding carboxylic acids is 1. The van der Waals surface area contributed by atoms with Crippen LogP contribution in [0.4, 0.5) is 18.9 Å². The molecule has 2 aromatic rings. The van der Waals surface area contributed by atoms with Crippen LogP contribution in [0.25, 0.3) is 0 Å². The molecule has 1 aliphatic heterocycles. The van der Waals surface area contributed by atoms with E-state index in [0.717, 1.165) is 6.07 Å². The first-order valence-corrected chi connectivity index (χ1v) is 10.0. The van der Waals surface area contributed by atoms with Gasteiger partial charge in [-0.3, -0.25) is 9.69 Å². The molecule has 5 nitrogen and oxygen atoms in total. The van der Waals surface area contributed by atoms with Gasteiger partial charge in [0.2, 0.25) is 0 Å². The lowest BCUT2D eigenvalue weighted by molar-refractivity contribution is -0.137. The maximum Gasteiger partial charge on any atom is 0.418 e. The number of allylic oxidation sites excluding steroid dienone is 3. The summed E-state index contributed by atoms with van der Waals surface area (Å²) in [6, 6.07) is 14.0. The molecular formula is C24H20F3N3O2. The van der Waals surface area contributed by atoms with Crippen LogP contribution in [0, 0.1) is 11.3 Å². The van der Waals surface area contributed by atoms with Crippen molar-refractivity contribution in [2.45, 2.75) is 31.4 Å². The number of hydrogen-bond acceptors (Lipinski definition) is 5. The molecule has 0 spiro atoms. The van der Waals surface area contributed by atoms with Gasteiger partial charge in [0.15, 0.2) is 5.78 Å². The number of methoxy groups -OCH3 is 1. The lowest BCUT2D eigenvalue weighted by Gasteiger charge is -2.40. The number of nitriles is 1. The SMILES string of the molecule is COc1ccc(C2C(C#N)=C(N)N(c3ccccc3C(F)(F)F)C3=C2C(=O)CCC3)cc1. The van der Waals surface area contributed by atoms with Gasteiger partial charge in [0, 0.05) is 17.7 Å². The zero-order valence-electron chi connectivity index (χ0n) is 17.2. The van der Waals surface area contributed by atoms with Gasteiger partial charge in [-0.2, -0.15) is 18.4 Å². The quantitative estimate of drug-likeness (QED) is 0.727. The van der Waals surface area contributed by atoms with Crippen LogP contribution >= 0.6 is 0 Å². The number of nitrogens with zero attached hydrogens (tertiary/aromatic N) is 2. The van der Waals surface area contributed by atoms with E-state index in [1.165, 1.54) is 30.2 Å². The number of alkyl halides is 3. The van der Waals surface area contributed by atoms with Crippen molar-refractivity contribution in [1.82, 2.24) is 0 Å². The van der Waals surface area contributed by atoms with Crippen molar-refractivity contribution in [3.05, 3.63) is 82.3 Å². The first-order valence-electron chi connectivity index (χ1n) is 10.0. The predicted octanol–water partition coefficient (Wildman–Crippen LogP) is 5.02. The van der Waals surface area contributed by atoms with Gasteiger partial charge in [0.1, 0.15) is 11.6 Å². The maximum absolute atomic E-state index is 13.8. The van der Waals surface area contributed by atoms with Crippen molar-refractivity contribution in [3.63, 3.8) is 0 Å². The molecule has 164 valence electrons. The Hall–Kier alpha value is -3.73. The lowest BCUT2D eigenvalue weighted by Crippen LogP contribution is -2.39. The fourth-order valence-corrected chi connectivity index (χ4v) is 4.40. The van der Waals surface area contributed by atoms with E-state index in [1.54, 1.807) is 24.3 Å². The Balaban J connectivity index is 1.97. The van der Waals surface area contributed by atoms with Gasteiger partial charge in [0.05, 0.1) is 35.9 Å². The van der Waals surface area contributed by atoms with Gasteiger partial charge in [-0.25, -0.2) is 0 Å². The molecule has 2 aliphatic rings. The molecule has 0 radical (unpaired) electrons. The van der Waals surface area contributed by atoms with E-state index in [9.17, 15) is 23.2 Å². The molecule has 0 saturated carbocycles. The number of para-hydroxylation sites is 1. The van der Waals surface area contributed by atoms with E-state index in [1.807, 2.05) is 0 Å². The summed E-state index contributed by atoms with van der Waals surface area (Å²) in [4.78, 5) is 14.3. The maximum atomic E-state index is 13.8. The van der Waals surface area contributed by atoms with Gasteiger partial charge in [-0.1, -0.05) is 24.3 Å². The molecule has 1 unspecified atom stereocenters. The van der Waals surface area contributed by atoms with Crippen molar-refractivity contribution in [2.24, 2.45) is 5.73 Å². The summed E-state index contributed by atoms with van der Waals surface area (Å²) in [5, 5.41) is 9.97. The first kappa shape index (κ1) is 21.5. The standard InChI is InChI=1S/C24H20F3N3O2/c1-32-15-11-9-14(10-12-15)21-16(13-28)23(29)30(19-7-4-8-20(31)22(19)21)18-6-3-2-5-17(18)24(25,26)27/h2-3,5-6,9-12,21H,4,7-8,29H2,1H3. The second-order valence-corrected chi connectivity index (χ2v) is 7.60. The first-order chi connectivity index (χ1) is 15.3. The average molecular weight is 439 g/mol. The number of rotatable bonds is 3. The van der Waals surface area contributed by atoms with Crippen LogP contribution in [0.2, 0.25) is 0 Å². The number of halogens is 3. The van der Waals surface area contributed by atoms with Gasteiger partial charge < -0.3 is 10.5 Å². The molecule has 1 aliphatic carbocycles. The largest absolute Gasteiger partial charge is 0.497 e. The van der Waals surface area contributed by atoms with Crippen LogP contribution in [0.1, 0.15) is 36.3 Å². The minimum atomic E-state index is -4.63. The lowest BCUT2D eigenvalue weighted by atomic mass is 9.75. The molecule has 2 N–H and O–H groups in total. The Bertz CT molecular complexity index is 1170. The molecule has 0 aromatic heterocycles. The Kier molecular flexibility index (Phi) is 5.43. The number of anilines is 1. The summed E-state index contributed by atoms with van der Waals surface area (Å²) in [5.74, 6) is -0.437. The van der Waals surface area contributed by atoms with Crippen molar-refractivity contribution in [1.29, 1.82) is 5.26 Å². The molecule has 32 heavy (non-hydrogen) atoms. The molecule has 0 saturated heterocycles. The highest BCUT2D eigenvalue weighted by atomic mass is 19.4. The minimum Gasteiger partial charge on any atom is -0.497 e. The van der Waals surface area contributed by atoms with Crippen LogP contribution in [-0.4, -0.2) is 12.9 Å². The van der Waals surface area contributed by atoms with Gasteiger partial charge in [0.25, 0.3) is 0 Å². The second-order valence-electron chi connectivity index (χ2n) is 7.60. The van der Waals surface area contributed by atoms with Crippen LogP contribution in [0.3, 0.4) is 0 Å². The summed E-state index contributed by atoms with van der Waals surface area (Å²) >= 11 is 0. The molecule has 2 aromatic carbocycles. The van der Waals surface area contributed by atoms with Crippen LogP contribution < -0.4 is 15.4 Å². The van der Waals surface area contributed by atoms with Crippen molar-refractivity contribution in [3.8, 4) is 11.8 Å². The smallest absolute Gasteiger partial charge is 0.418 e. The highest BCUT2D eigenvalue weighted by Gasteiger charge is 2.43. The van der Waals surface area contributed by atoms with E-state index in [2.05, 4.69) is 6.07 Å². The fraction of sp³-hybridized carbons (Fsp3) is 0.250. The Morgan fingerprint density at radius 1 is 1.12 bits per heavy atom. The monoisotopic (exact) mass is 439 g/mol. The number of carbonyl (C=O) groups is 1. The normalized spacial score (nSPS) is 19.0. The van der Waals surface area contributed by atoms with E-state index >= 15 is 0 Å². The third kappa shape index (κ3) is 3.50. The number of hydrogen-bond donors (Lipinski definition) is 1. The number of ether oxygens (including phenoxy) is 1. The summed E-state index contributed by atoms with van der Waals surface area (Å²) < 4.78 is 46.5. The molecule has 0 fully saturated rings. The summed E-state index contributed by atoms with van der Waals surface area (Å²) in [7, 11) is 1.52. The molecule has 0 amide bonds. The van der Waals surface area contributed by atoms with Crippen molar-refractivity contribution >= 4 is 11.5 Å². The molecule has 1 heterocycles. The molecule has 0 bridgehead atoms. The molecule has 1 atom stereocenters. The highest BCUT2D eigenvalue weighted by molar-refractivity contribution is 6.01. The van der Waals surface area contributed by atoms with Gasteiger partial charge >= 0.3 is 6.18 Å². The molecular weight excluding hydrogens is 419 g/mol. The predicted molar refractivity (Wildman–Crippen MR) is 112 cm³/mol. The van der Waals surface area contributed by atoms with Crippen LogP contribution in [0.15, 0.2) is 71.2 Å². The van der Waals surface area contributed by atoms with E-state index < -0.39 is 17.7 Å². The second kappa shape index (κ2) is 8.08. The number of benzene rings is 2. The average Bonchev–Trinajstić information content (AvgIpc) is 2.78. The van der Waals surface area contributed by atoms with E-state index in [0.29, 0.717) is 35.4 Å². The summed E-state index contributed by atoms with van der Waals surface area (Å²) in [6.45, 7) is 0. The van der Waals surface area contributed by atoms with E-state index in [4.69, 9.17) is 10.5 Å². The molecule has 8 heteroatoms. The Morgan fingerprint density at radius 2 is 1.81 bits per heavy atom. The van der Waals surface area contributed by atoms with Gasteiger partial charge in [-0.05, 0) is 42.7 Å².